The van der Waals surface area contributed by atoms with Gasteiger partial charge in [-0.1, -0.05) is 18.2 Å². The fourth-order valence-electron chi connectivity index (χ4n) is 2.00. The van der Waals surface area contributed by atoms with Crippen molar-refractivity contribution in [2.45, 2.75) is 0 Å². The molecule has 0 aromatic heterocycles. The number of aromatic carboxylic acids is 1. The molecular formula is C16H14FNO3. The van der Waals surface area contributed by atoms with Crippen LogP contribution in [0.4, 0.5) is 4.39 Å². The highest BCUT2D eigenvalue weighted by Gasteiger charge is 2.14. The molecule has 0 saturated carbocycles. The summed E-state index contributed by atoms with van der Waals surface area (Å²) in [5.41, 5.74) is 1.42. The highest BCUT2D eigenvalue weighted by atomic mass is 19.1. The molecule has 0 radical (unpaired) electrons. The largest absolute Gasteiger partial charge is 0.478 e. The lowest BCUT2D eigenvalue weighted by Gasteiger charge is -2.11. The van der Waals surface area contributed by atoms with Gasteiger partial charge in [0.25, 0.3) is 5.91 Å². The quantitative estimate of drug-likeness (QED) is 0.944. The van der Waals surface area contributed by atoms with Gasteiger partial charge in [-0.25, -0.2) is 9.18 Å². The number of benzene rings is 2. The second-order valence-electron chi connectivity index (χ2n) is 4.77. The first-order valence-electron chi connectivity index (χ1n) is 6.25. The maximum atomic E-state index is 13.2. The van der Waals surface area contributed by atoms with Crippen molar-refractivity contribution in [2.24, 2.45) is 0 Å². The number of carboxylic acid groups (broad SMARTS) is 1. The monoisotopic (exact) mass is 287 g/mol. The zero-order chi connectivity index (χ0) is 15.6. The lowest BCUT2D eigenvalue weighted by atomic mass is 9.98. The van der Waals surface area contributed by atoms with Gasteiger partial charge in [0, 0.05) is 19.7 Å². The number of carboxylic acids is 1. The maximum absolute atomic E-state index is 13.2. The van der Waals surface area contributed by atoms with E-state index in [2.05, 4.69) is 0 Å². The third-order valence-corrected chi connectivity index (χ3v) is 3.06. The Morgan fingerprint density at radius 3 is 2.19 bits per heavy atom. The summed E-state index contributed by atoms with van der Waals surface area (Å²) in [5, 5.41) is 9.14. The predicted molar refractivity (Wildman–Crippen MR) is 76.8 cm³/mol. The molecule has 2 rings (SSSR count). The van der Waals surface area contributed by atoms with Gasteiger partial charge in [-0.2, -0.15) is 0 Å². The first-order chi connectivity index (χ1) is 9.90. The van der Waals surface area contributed by atoms with Crippen molar-refractivity contribution >= 4 is 11.9 Å². The van der Waals surface area contributed by atoms with E-state index >= 15 is 0 Å². The van der Waals surface area contributed by atoms with Crippen LogP contribution in [0.5, 0.6) is 0 Å². The maximum Gasteiger partial charge on any atom is 0.336 e. The summed E-state index contributed by atoms with van der Waals surface area (Å²) >= 11 is 0. The van der Waals surface area contributed by atoms with Gasteiger partial charge < -0.3 is 10.0 Å². The first-order valence-corrected chi connectivity index (χ1v) is 6.25. The molecule has 21 heavy (non-hydrogen) atoms. The second-order valence-corrected chi connectivity index (χ2v) is 4.77. The van der Waals surface area contributed by atoms with Gasteiger partial charge in [0.05, 0.1) is 5.56 Å². The van der Waals surface area contributed by atoms with E-state index in [1.54, 1.807) is 38.4 Å². The minimum atomic E-state index is -1.20. The van der Waals surface area contributed by atoms with Crippen molar-refractivity contribution in [3.8, 4) is 11.1 Å². The van der Waals surface area contributed by atoms with Crippen molar-refractivity contribution < 1.29 is 19.1 Å². The van der Waals surface area contributed by atoms with Crippen molar-refractivity contribution in [1.82, 2.24) is 4.90 Å². The van der Waals surface area contributed by atoms with E-state index in [4.69, 9.17) is 5.11 Å². The van der Waals surface area contributed by atoms with Crippen LogP contribution in [0.3, 0.4) is 0 Å². The third-order valence-electron chi connectivity index (χ3n) is 3.06. The number of halogens is 1. The van der Waals surface area contributed by atoms with Crippen LogP contribution in [-0.2, 0) is 0 Å². The Morgan fingerprint density at radius 2 is 1.67 bits per heavy atom. The molecule has 1 N–H and O–H groups in total. The van der Waals surface area contributed by atoms with Gasteiger partial charge in [-0.05, 0) is 35.4 Å². The van der Waals surface area contributed by atoms with Crippen LogP contribution in [-0.4, -0.2) is 36.0 Å². The Balaban J connectivity index is 2.44. The normalized spacial score (nSPS) is 10.2. The van der Waals surface area contributed by atoms with Crippen molar-refractivity contribution in [3.05, 3.63) is 59.4 Å². The van der Waals surface area contributed by atoms with Gasteiger partial charge in [0.1, 0.15) is 5.82 Å². The molecule has 5 heteroatoms. The molecule has 1 amide bonds. The molecule has 2 aromatic carbocycles. The number of carbonyl (C=O) groups excluding carboxylic acids is 1. The van der Waals surface area contributed by atoms with Crippen LogP contribution in [0, 0.1) is 5.82 Å². The Bertz CT molecular complexity index is 693. The minimum absolute atomic E-state index is 0.110. The zero-order valence-electron chi connectivity index (χ0n) is 11.6. The molecule has 0 bridgehead atoms. The van der Waals surface area contributed by atoms with Crippen LogP contribution in [0.15, 0.2) is 42.5 Å². The summed E-state index contributed by atoms with van der Waals surface area (Å²) in [6.45, 7) is 0. The molecule has 0 aliphatic rings. The van der Waals surface area contributed by atoms with Gasteiger partial charge in [-0.3, -0.25) is 4.79 Å². The number of amides is 1. The first kappa shape index (κ1) is 14.7. The van der Waals surface area contributed by atoms with Gasteiger partial charge in [-0.15, -0.1) is 0 Å². The number of carbonyl (C=O) groups is 2. The van der Waals surface area contributed by atoms with Crippen molar-refractivity contribution in [1.29, 1.82) is 0 Å². The van der Waals surface area contributed by atoms with E-state index in [-0.39, 0.29) is 11.5 Å². The minimum Gasteiger partial charge on any atom is -0.478 e. The fourth-order valence-corrected chi connectivity index (χ4v) is 2.00. The molecule has 0 saturated heterocycles. The SMILES string of the molecule is CN(C)C(=O)c1ccc(-c2ccc(F)cc2C(=O)O)cc1. The zero-order valence-corrected chi connectivity index (χ0v) is 11.6. The average molecular weight is 287 g/mol. The highest BCUT2D eigenvalue weighted by molar-refractivity contribution is 5.97. The van der Waals surface area contributed by atoms with Gasteiger partial charge in [0.2, 0.25) is 0 Å². The predicted octanol–water partition coefficient (Wildman–Crippen LogP) is 2.89. The molecule has 0 aliphatic carbocycles. The molecule has 0 fully saturated rings. The molecule has 0 spiro atoms. The molecule has 0 atom stereocenters. The van der Waals surface area contributed by atoms with E-state index in [1.807, 2.05) is 0 Å². The van der Waals surface area contributed by atoms with E-state index in [0.717, 1.165) is 6.07 Å². The fraction of sp³-hybridized carbons (Fsp3) is 0.125. The van der Waals surface area contributed by atoms with Gasteiger partial charge >= 0.3 is 5.97 Å². The number of rotatable bonds is 3. The number of hydrogen-bond acceptors (Lipinski definition) is 2. The molecule has 108 valence electrons. The van der Waals surface area contributed by atoms with E-state index < -0.39 is 11.8 Å². The van der Waals surface area contributed by atoms with Crippen LogP contribution in [0.2, 0.25) is 0 Å². The second kappa shape index (κ2) is 5.75. The molecular weight excluding hydrogens is 273 g/mol. The Labute approximate surface area is 121 Å². The van der Waals surface area contributed by atoms with E-state index in [9.17, 15) is 14.0 Å². The Kier molecular flexibility index (Phi) is 4.03. The lowest BCUT2D eigenvalue weighted by molar-refractivity contribution is 0.0696. The van der Waals surface area contributed by atoms with Crippen molar-refractivity contribution in [2.75, 3.05) is 14.1 Å². The molecule has 0 aliphatic heterocycles. The Hall–Kier alpha value is -2.69. The standard InChI is InChI=1S/C16H14FNO3/c1-18(2)15(19)11-5-3-10(4-6-11)13-8-7-12(17)9-14(13)16(20)21/h3-9H,1-2H3,(H,20,21). The summed E-state index contributed by atoms with van der Waals surface area (Å²) in [6.07, 6.45) is 0. The smallest absolute Gasteiger partial charge is 0.336 e. The highest BCUT2D eigenvalue weighted by Crippen LogP contribution is 2.25. The lowest BCUT2D eigenvalue weighted by Crippen LogP contribution is -2.21. The van der Waals surface area contributed by atoms with Crippen LogP contribution >= 0.6 is 0 Å². The van der Waals surface area contributed by atoms with Crippen molar-refractivity contribution in [3.63, 3.8) is 0 Å². The van der Waals surface area contributed by atoms with Crippen LogP contribution in [0.25, 0.3) is 11.1 Å². The average Bonchev–Trinajstić information content (AvgIpc) is 2.46. The summed E-state index contributed by atoms with van der Waals surface area (Å²) in [5.74, 6) is -1.94. The number of hydrogen-bond donors (Lipinski definition) is 1. The third kappa shape index (κ3) is 3.08. The Morgan fingerprint density at radius 1 is 1.05 bits per heavy atom. The van der Waals surface area contributed by atoms with Crippen LogP contribution in [0.1, 0.15) is 20.7 Å². The topological polar surface area (TPSA) is 57.6 Å². The van der Waals surface area contributed by atoms with Gasteiger partial charge in [0.15, 0.2) is 0 Å². The number of nitrogens with zero attached hydrogens (tertiary/aromatic N) is 1. The summed E-state index contributed by atoms with van der Waals surface area (Å²) in [4.78, 5) is 24.4. The molecule has 4 nitrogen and oxygen atoms in total. The summed E-state index contributed by atoms with van der Waals surface area (Å²) in [6, 6.07) is 10.1. The molecule has 0 heterocycles. The summed E-state index contributed by atoms with van der Waals surface area (Å²) in [7, 11) is 3.30. The molecule has 2 aromatic rings. The van der Waals surface area contributed by atoms with E-state index in [1.165, 1.54) is 17.0 Å². The molecule has 0 unspecified atom stereocenters. The van der Waals surface area contributed by atoms with E-state index in [0.29, 0.717) is 16.7 Å². The van der Waals surface area contributed by atoms with Crippen LogP contribution < -0.4 is 0 Å². The summed E-state index contributed by atoms with van der Waals surface area (Å²) < 4.78 is 13.2.